The molecule has 1 unspecified atom stereocenters. The van der Waals surface area contributed by atoms with Crippen molar-refractivity contribution in [2.24, 2.45) is 0 Å². The van der Waals surface area contributed by atoms with E-state index in [0.29, 0.717) is 29.3 Å². The van der Waals surface area contributed by atoms with Crippen molar-refractivity contribution in [2.75, 3.05) is 13.2 Å². The lowest BCUT2D eigenvalue weighted by molar-refractivity contribution is -0.0857. The first kappa shape index (κ1) is 16.9. The fraction of sp³-hybridized carbons (Fsp3) is 0.316. The molecule has 1 amide bonds. The van der Waals surface area contributed by atoms with Crippen molar-refractivity contribution in [3.63, 3.8) is 0 Å². The molecule has 1 aliphatic rings. The van der Waals surface area contributed by atoms with Gasteiger partial charge in [0.2, 0.25) is 0 Å². The first-order chi connectivity index (χ1) is 11.4. The predicted molar refractivity (Wildman–Crippen MR) is 91.7 cm³/mol. The van der Waals surface area contributed by atoms with Gasteiger partial charge in [-0.3, -0.25) is 4.79 Å². The summed E-state index contributed by atoms with van der Waals surface area (Å²) < 4.78 is 19.9. The van der Waals surface area contributed by atoms with Crippen LogP contribution in [0.4, 0.5) is 4.39 Å². The minimum Gasteiger partial charge on any atom is -0.369 e. The summed E-state index contributed by atoms with van der Waals surface area (Å²) in [5.74, 6) is -0.454. The molecule has 3 nitrogen and oxygen atoms in total. The summed E-state index contributed by atoms with van der Waals surface area (Å²) in [6, 6.07) is 13.4. The average molecular weight is 348 g/mol. The molecule has 0 radical (unpaired) electrons. The van der Waals surface area contributed by atoms with Gasteiger partial charge in [-0.15, -0.1) is 0 Å². The van der Waals surface area contributed by atoms with Crippen molar-refractivity contribution >= 4 is 17.5 Å². The highest BCUT2D eigenvalue weighted by atomic mass is 35.5. The fourth-order valence-electron chi connectivity index (χ4n) is 2.91. The van der Waals surface area contributed by atoms with Gasteiger partial charge in [-0.25, -0.2) is 4.39 Å². The van der Waals surface area contributed by atoms with Crippen LogP contribution in [0, 0.1) is 5.82 Å². The molecule has 0 bridgehead atoms. The molecule has 0 spiro atoms. The molecule has 0 saturated carbocycles. The van der Waals surface area contributed by atoms with Gasteiger partial charge in [0.05, 0.1) is 18.7 Å². The van der Waals surface area contributed by atoms with Crippen molar-refractivity contribution < 1.29 is 13.9 Å². The standard InChI is InChI=1S/C19H19ClFNO2/c1-19(2)12-24-17(15-8-3-4-9-16(15)21)11-22(19)18(23)13-6-5-7-14(20)10-13/h3-10,17H,11-12H2,1-2H3. The van der Waals surface area contributed by atoms with Gasteiger partial charge in [0.15, 0.2) is 0 Å². The largest absolute Gasteiger partial charge is 0.369 e. The Morgan fingerprint density at radius 3 is 2.71 bits per heavy atom. The molecule has 24 heavy (non-hydrogen) atoms. The quantitative estimate of drug-likeness (QED) is 0.802. The molecule has 0 aromatic heterocycles. The highest BCUT2D eigenvalue weighted by Gasteiger charge is 2.39. The molecule has 3 rings (SSSR count). The summed E-state index contributed by atoms with van der Waals surface area (Å²) in [6.07, 6.45) is -0.484. The number of halogens is 2. The second kappa shape index (κ2) is 6.54. The Hall–Kier alpha value is -1.91. The lowest BCUT2D eigenvalue weighted by Gasteiger charge is -2.45. The molecular formula is C19H19ClFNO2. The summed E-state index contributed by atoms with van der Waals surface area (Å²) in [5, 5.41) is 0.512. The highest BCUT2D eigenvalue weighted by molar-refractivity contribution is 6.30. The van der Waals surface area contributed by atoms with E-state index in [4.69, 9.17) is 16.3 Å². The van der Waals surface area contributed by atoms with Crippen molar-refractivity contribution in [1.82, 2.24) is 4.90 Å². The van der Waals surface area contributed by atoms with Gasteiger partial charge in [0, 0.05) is 16.1 Å². The number of carbonyl (C=O) groups is 1. The Kier molecular flexibility index (Phi) is 4.61. The number of benzene rings is 2. The highest BCUT2D eigenvalue weighted by Crippen LogP contribution is 2.32. The van der Waals surface area contributed by atoms with Crippen molar-refractivity contribution in [1.29, 1.82) is 0 Å². The van der Waals surface area contributed by atoms with E-state index in [1.54, 1.807) is 47.4 Å². The molecule has 5 heteroatoms. The zero-order valence-corrected chi connectivity index (χ0v) is 14.4. The van der Waals surface area contributed by atoms with Gasteiger partial charge in [-0.1, -0.05) is 35.9 Å². The molecule has 2 aromatic rings. The molecule has 1 fully saturated rings. The summed E-state index contributed by atoms with van der Waals surface area (Å²) in [4.78, 5) is 14.7. The first-order valence-electron chi connectivity index (χ1n) is 7.82. The van der Waals surface area contributed by atoms with Crippen LogP contribution in [0.25, 0.3) is 0 Å². The van der Waals surface area contributed by atoms with Crippen LogP contribution < -0.4 is 0 Å². The van der Waals surface area contributed by atoms with Crippen LogP contribution in [0.3, 0.4) is 0 Å². The van der Waals surface area contributed by atoms with Crippen LogP contribution in [0.5, 0.6) is 0 Å². The summed E-state index contributed by atoms with van der Waals surface area (Å²) in [5.41, 5.74) is 0.503. The Labute approximate surface area is 146 Å². The third kappa shape index (κ3) is 3.30. The average Bonchev–Trinajstić information content (AvgIpc) is 2.55. The number of morpholine rings is 1. The molecule has 1 aliphatic heterocycles. The molecule has 1 saturated heterocycles. The Bertz CT molecular complexity index is 763. The van der Waals surface area contributed by atoms with E-state index in [2.05, 4.69) is 0 Å². The molecule has 2 aromatic carbocycles. The lowest BCUT2D eigenvalue weighted by Crippen LogP contribution is -2.56. The van der Waals surface area contributed by atoms with Crippen molar-refractivity contribution in [3.8, 4) is 0 Å². The van der Waals surface area contributed by atoms with E-state index < -0.39 is 11.6 Å². The predicted octanol–water partition coefficient (Wildman–Crippen LogP) is 4.47. The number of nitrogens with zero attached hydrogens (tertiary/aromatic N) is 1. The van der Waals surface area contributed by atoms with E-state index in [-0.39, 0.29) is 11.7 Å². The van der Waals surface area contributed by atoms with Crippen LogP contribution in [-0.2, 0) is 4.74 Å². The zero-order valence-electron chi connectivity index (χ0n) is 13.6. The van der Waals surface area contributed by atoms with Gasteiger partial charge in [0.25, 0.3) is 5.91 Å². The molecule has 1 heterocycles. The lowest BCUT2D eigenvalue weighted by atomic mass is 9.96. The summed E-state index contributed by atoms with van der Waals surface area (Å²) in [6.45, 7) is 4.50. The maximum atomic E-state index is 14.1. The van der Waals surface area contributed by atoms with Gasteiger partial charge in [-0.05, 0) is 38.1 Å². The fourth-order valence-corrected chi connectivity index (χ4v) is 3.10. The number of carbonyl (C=O) groups excluding carboxylic acids is 1. The third-order valence-electron chi connectivity index (χ3n) is 4.29. The second-order valence-electron chi connectivity index (χ2n) is 6.56. The normalized spacial score (nSPS) is 20.0. The first-order valence-corrected chi connectivity index (χ1v) is 8.20. The monoisotopic (exact) mass is 347 g/mol. The topological polar surface area (TPSA) is 29.5 Å². The van der Waals surface area contributed by atoms with Crippen molar-refractivity contribution in [2.45, 2.75) is 25.5 Å². The molecular weight excluding hydrogens is 329 g/mol. The Morgan fingerprint density at radius 2 is 2.00 bits per heavy atom. The van der Waals surface area contributed by atoms with Gasteiger partial charge < -0.3 is 9.64 Å². The Morgan fingerprint density at radius 1 is 1.25 bits per heavy atom. The van der Waals surface area contributed by atoms with E-state index in [1.165, 1.54) is 6.07 Å². The number of amides is 1. The van der Waals surface area contributed by atoms with Crippen LogP contribution in [0.15, 0.2) is 48.5 Å². The molecule has 0 aliphatic carbocycles. The van der Waals surface area contributed by atoms with Crippen molar-refractivity contribution in [3.05, 3.63) is 70.5 Å². The maximum Gasteiger partial charge on any atom is 0.254 e. The van der Waals surface area contributed by atoms with E-state index >= 15 is 0 Å². The third-order valence-corrected chi connectivity index (χ3v) is 4.52. The maximum absolute atomic E-state index is 14.1. The zero-order chi connectivity index (χ0) is 17.3. The SMILES string of the molecule is CC1(C)COC(c2ccccc2F)CN1C(=O)c1cccc(Cl)c1. The summed E-state index contributed by atoms with van der Waals surface area (Å²) in [7, 11) is 0. The number of rotatable bonds is 2. The molecule has 0 N–H and O–H groups in total. The van der Waals surface area contributed by atoms with Crippen LogP contribution in [0.2, 0.25) is 5.02 Å². The van der Waals surface area contributed by atoms with Gasteiger partial charge >= 0.3 is 0 Å². The minimum absolute atomic E-state index is 0.132. The van der Waals surface area contributed by atoms with Gasteiger partial charge in [-0.2, -0.15) is 0 Å². The summed E-state index contributed by atoms with van der Waals surface area (Å²) >= 11 is 6.00. The van der Waals surface area contributed by atoms with Crippen LogP contribution in [0.1, 0.15) is 35.9 Å². The minimum atomic E-state index is -0.485. The molecule has 126 valence electrons. The smallest absolute Gasteiger partial charge is 0.254 e. The number of hydrogen-bond donors (Lipinski definition) is 0. The van der Waals surface area contributed by atoms with Crippen LogP contribution >= 0.6 is 11.6 Å². The number of ether oxygens (including phenoxy) is 1. The van der Waals surface area contributed by atoms with E-state index in [1.807, 2.05) is 13.8 Å². The number of hydrogen-bond acceptors (Lipinski definition) is 2. The molecule has 1 atom stereocenters. The van der Waals surface area contributed by atoms with Gasteiger partial charge in [0.1, 0.15) is 11.9 Å². The van der Waals surface area contributed by atoms with E-state index in [9.17, 15) is 9.18 Å². The second-order valence-corrected chi connectivity index (χ2v) is 7.00. The van der Waals surface area contributed by atoms with Crippen LogP contribution in [-0.4, -0.2) is 29.5 Å². The Balaban J connectivity index is 1.90. The van der Waals surface area contributed by atoms with E-state index in [0.717, 1.165) is 0 Å².